The van der Waals surface area contributed by atoms with Crippen LogP contribution in [0.2, 0.25) is 0 Å². The Labute approximate surface area is 145 Å². The van der Waals surface area contributed by atoms with Crippen LogP contribution in [0.1, 0.15) is 43.5 Å². The van der Waals surface area contributed by atoms with Gasteiger partial charge in [0.25, 0.3) is 5.91 Å². The van der Waals surface area contributed by atoms with Crippen molar-refractivity contribution in [3.63, 3.8) is 0 Å². The maximum atomic E-state index is 12.2. The lowest BCUT2D eigenvalue weighted by Gasteiger charge is -2.34. The van der Waals surface area contributed by atoms with Crippen molar-refractivity contribution in [2.45, 2.75) is 38.0 Å². The highest BCUT2D eigenvalue weighted by atomic mass is 32.2. The topological polar surface area (TPSA) is 32.3 Å². The zero-order valence-corrected chi connectivity index (χ0v) is 15.5. The smallest absolute Gasteiger partial charge is 0.252 e. The van der Waals surface area contributed by atoms with Crippen LogP contribution in [0, 0.1) is 11.8 Å². The summed E-state index contributed by atoms with van der Waals surface area (Å²) < 4.78 is 0. The van der Waals surface area contributed by atoms with Crippen LogP contribution in [-0.4, -0.2) is 43.2 Å². The lowest BCUT2D eigenvalue weighted by Crippen LogP contribution is -2.39. The van der Waals surface area contributed by atoms with E-state index in [2.05, 4.69) is 24.1 Å². The van der Waals surface area contributed by atoms with Gasteiger partial charge in [-0.3, -0.25) is 4.79 Å². The number of carbonyl (C=O) groups excluding carboxylic acids is 1. The van der Waals surface area contributed by atoms with E-state index < -0.39 is 0 Å². The minimum atomic E-state index is 0.0511. The molecule has 1 aliphatic heterocycles. The second kappa shape index (κ2) is 9.33. The fraction of sp³-hybridized carbons (Fsp3) is 0.632. The second-order valence-corrected chi connectivity index (χ2v) is 7.72. The van der Waals surface area contributed by atoms with Gasteiger partial charge < -0.3 is 10.2 Å². The third-order valence-corrected chi connectivity index (χ3v) is 5.28. The van der Waals surface area contributed by atoms with Gasteiger partial charge in [-0.1, -0.05) is 26.0 Å². The monoisotopic (exact) mass is 334 g/mol. The number of thioether (sulfide) groups is 1. The summed E-state index contributed by atoms with van der Waals surface area (Å²) >= 11 is 1.62. The molecule has 4 heteroatoms. The molecule has 3 nitrogen and oxygen atoms in total. The number of rotatable bonds is 7. The minimum absolute atomic E-state index is 0.0511. The summed E-state index contributed by atoms with van der Waals surface area (Å²) in [7, 11) is 0. The zero-order chi connectivity index (χ0) is 16.7. The van der Waals surface area contributed by atoms with Crippen LogP contribution in [0.4, 0.5) is 0 Å². The van der Waals surface area contributed by atoms with E-state index in [4.69, 9.17) is 0 Å². The Kier molecular flexibility index (Phi) is 7.44. The van der Waals surface area contributed by atoms with Crippen LogP contribution in [0.25, 0.3) is 0 Å². The van der Waals surface area contributed by atoms with Crippen molar-refractivity contribution in [3.8, 4) is 0 Å². The average molecular weight is 335 g/mol. The van der Waals surface area contributed by atoms with Gasteiger partial charge in [-0.2, -0.15) is 0 Å². The van der Waals surface area contributed by atoms with Crippen molar-refractivity contribution < 1.29 is 4.79 Å². The number of hydrogen-bond donors (Lipinski definition) is 1. The second-order valence-electron chi connectivity index (χ2n) is 6.87. The van der Waals surface area contributed by atoms with Crippen LogP contribution < -0.4 is 5.32 Å². The van der Waals surface area contributed by atoms with Gasteiger partial charge in [0.2, 0.25) is 0 Å². The predicted molar refractivity (Wildman–Crippen MR) is 99.2 cm³/mol. The molecule has 0 radical (unpaired) electrons. The molecule has 128 valence electrons. The van der Waals surface area contributed by atoms with Crippen LogP contribution in [0.15, 0.2) is 29.2 Å². The Morgan fingerprint density at radius 1 is 1.22 bits per heavy atom. The van der Waals surface area contributed by atoms with Gasteiger partial charge in [-0.15, -0.1) is 11.8 Å². The number of hydrogen-bond acceptors (Lipinski definition) is 3. The van der Waals surface area contributed by atoms with Gasteiger partial charge in [0, 0.05) is 24.5 Å². The number of amides is 1. The molecule has 1 heterocycles. The van der Waals surface area contributed by atoms with E-state index in [-0.39, 0.29) is 5.91 Å². The summed E-state index contributed by atoms with van der Waals surface area (Å²) in [5, 5.41) is 3.06. The summed E-state index contributed by atoms with van der Waals surface area (Å²) in [6.45, 7) is 9.10. The number of unbranched alkanes of at least 4 members (excludes halogenated alkanes) is 1. The van der Waals surface area contributed by atoms with Gasteiger partial charge >= 0.3 is 0 Å². The molecule has 1 aromatic rings. The van der Waals surface area contributed by atoms with Crippen LogP contribution >= 0.6 is 11.8 Å². The van der Waals surface area contributed by atoms with Crippen LogP contribution in [0.5, 0.6) is 0 Å². The number of carbonyl (C=O) groups is 1. The Hall–Kier alpha value is -1.00. The van der Waals surface area contributed by atoms with E-state index in [1.54, 1.807) is 11.8 Å². The fourth-order valence-corrected chi connectivity index (χ4v) is 4.16. The van der Waals surface area contributed by atoms with E-state index in [1.807, 2.05) is 30.5 Å². The van der Waals surface area contributed by atoms with Crippen molar-refractivity contribution >= 4 is 17.7 Å². The highest BCUT2D eigenvalue weighted by molar-refractivity contribution is 7.98. The molecule has 0 saturated carbocycles. The summed E-state index contributed by atoms with van der Waals surface area (Å²) in [6.07, 6.45) is 5.57. The van der Waals surface area contributed by atoms with Gasteiger partial charge in [-0.25, -0.2) is 0 Å². The maximum absolute atomic E-state index is 12.2. The summed E-state index contributed by atoms with van der Waals surface area (Å²) in [5.74, 6) is 1.69. The standard InChI is InChI=1S/C19H30N2OS/c1-15-12-16(2)14-21(13-15)11-7-6-10-20-19(22)17-8-4-5-9-18(17)23-3/h4-5,8-9,15-16H,6-7,10-14H2,1-3H3,(H,20,22)/t15-,16-/m0/s1. The molecule has 2 atom stereocenters. The first kappa shape index (κ1) is 18.3. The quantitative estimate of drug-likeness (QED) is 0.606. The summed E-state index contributed by atoms with van der Waals surface area (Å²) in [5.41, 5.74) is 0.790. The third-order valence-electron chi connectivity index (χ3n) is 4.48. The number of likely N-dealkylation sites (tertiary alicyclic amines) is 1. The molecule has 1 saturated heterocycles. The van der Waals surface area contributed by atoms with E-state index in [0.717, 1.165) is 48.2 Å². The molecular formula is C19H30N2OS. The number of nitrogens with one attached hydrogen (secondary N) is 1. The summed E-state index contributed by atoms with van der Waals surface area (Å²) in [6, 6.07) is 7.80. The third kappa shape index (κ3) is 5.85. The molecule has 1 amide bonds. The molecule has 0 spiro atoms. The molecule has 1 N–H and O–H groups in total. The molecule has 0 bridgehead atoms. The minimum Gasteiger partial charge on any atom is -0.352 e. The highest BCUT2D eigenvalue weighted by Crippen LogP contribution is 2.21. The van der Waals surface area contributed by atoms with Crippen molar-refractivity contribution in [1.29, 1.82) is 0 Å². The first-order valence-corrected chi connectivity index (χ1v) is 9.96. The first-order chi connectivity index (χ1) is 11.1. The van der Waals surface area contributed by atoms with Crippen LogP contribution in [0.3, 0.4) is 0 Å². The zero-order valence-electron chi connectivity index (χ0n) is 14.7. The highest BCUT2D eigenvalue weighted by Gasteiger charge is 2.20. The van der Waals surface area contributed by atoms with Crippen molar-refractivity contribution in [2.75, 3.05) is 32.4 Å². The maximum Gasteiger partial charge on any atom is 0.252 e. The predicted octanol–water partition coefficient (Wildman–Crippen LogP) is 3.90. The van der Waals surface area contributed by atoms with Crippen molar-refractivity contribution in [2.24, 2.45) is 11.8 Å². The normalized spacial score (nSPS) is 22.0. The lowest BCUT2D eigenvalue weighted by molar-refractivity contribution is 0.0948. The van der Waals surface area contributed by atoms with E-state index in [1.165, 1.54) is 19.5 Å². The lowest BCUT2D eigenvalue weighted by atomic mass is 9.92. The Morgan fingerprint density at radius 2 is 1.91 bits per heavy atom. The number of nitrogens with zero attached hydrogens (tertiary/aromatic N) is 1. The molecule has 23 heavy (non-hydrogen) atoms. The summed E-state index contributed by atoms with van der Waals surface area (Å²) in [4.78, 5) is 15.9. The molecular weight excluding hydrogens is 304 g/mol. The number of benzene rings is 1. The molecule has 0 aliphatic carbocycles. The van der Waals surface area contributed by atoms with Gasteiger partial charge in [0.15, 0.2) is 0 Å². The molecule has 1 aromatic carbocycles. The Balaban J connectivity index is 1.66. The van der Waals surface area contributed by atoms with E-state index >= 15 is 0 Å². The number of piperidine rings is 1. The SMILES string of the molecule is CSc1ccccc1C(=O)NCCCCN1C[C@@H](C)C[C@H](C)C1. The Bertz CT molecular complexity index is 496. The molecule has 1 fully saturated rings. The molecule has 2 rings (SSSR count). The van der Waals surface area contributed by atoms with Crippen molar-refractivity contribution in [3.05, 3.63) is 29.8 Å². The van der Waals surface area contributed by atoms with Crippen LogP contribution in [-0.2, 0) is 0 Å². The fourth-order valence-electron chi connectivity index (χ4n) is 3.56. The van der Waals surface area contributed by atoms with Crippen molar-refractivity contribution in [1.82, 2.24) is 10.2 Å². The molecule has 0 unspecified atom stereocenters. The van der Waals surface area contributed by atoms with Gasteiger partial charge in [0.05, 0.1) is 5.56 Å². The van der Waals surface area contributed by atoms with E-state index in [9.17, 15) is 4.79 Å². The first-order valence-electron chi connectivity index (χ1n) is 8.73. The van der Waals surface area contributed by atoms with E-state index in [0.29, 0.717) is 0 Å². The van der Waals surface area contributed by atoms with Gasteiger partial charge in [-0.05, 0) is 56.0 Å². The van der Waals surface area contributed by atoms with Gasteiger partial charge in [0.1, 0.15) is 0 Å². The molecule has 0 aromatic heterocycles. The Morgan fingerprint density at radius 3 is 2.61 bits per heavy atom. The average Bonchev–Trinajstić information content (AvgIpc) is 2.53. The molecule has 1 aliphatic rings. The largest absolute Gasteiger partial charge is 0.352 e.